The Morgan fingerprint density at radius 3 is 2.44 bits per heavy atom. The van der Waals surface area contributed by atoms with Crippen molar-refractivity contribution in [3.8, 4) is 0 Å². The van der Waals surface area contributed by atoms with Gasteiger partial charge < -0.3 is 10.2 Å². The van der Waals surface area contributed by atoms with Gasteiger partial charge in [0.1, 0.15) is 0 Å². The molecule has 2 amide bonds. The van der Waals surface area contributed by atoms with Crippen molar-refractivity contribution >= 4 is 17.5 Å². The van der Waals surface area contributed by atoms with E-state index in [0.717, 1.165) is 11.6 Å². The van der Waals surface area contributed by atoms with Crippen LogP contribution in [0.4, 0.5) is 18.9 Å². The summed E-state index contributed by atoms with van der Waals surface area (Å²) in [4.78, 5) is 24.8. The minimum atomic E-state index is -4.31. The van der Waals surface area contributed by atoms with Gasteiger partial charge in [-0.05, 0) is 36.6 Å². The largest absolute Gasteiger partial charge is 0.412 e. The Morgan fingerprint density at radius 1 is 1.24 bits per heavy atom. The number of alkyl halides is 3. The Balaban J connectivity index is 1.83. The average Bonchev–Trinajstić information content (AvgIpc) is 2.60. The Labute approximate surface area is 144 Å². The molecule has 0 saturated heterocycles. The number of hydrogen-bond donors (Lipinski definition) is 1. The Hall–Kier alpha value is -2.57. The maximum Gasteiger partial charge on any atom is 0.412 e. The summed E-state index contributed by atoms with van der Waals surface area (Å²) in [5.41, 5.74) is 0.975. The van der Waals surface area contributed by atoms with Gasteiger partial charge in [0, 0.05) is 30.8 Å². The van der Waals surface area contributed by atoms with Crippen LogP contribution >= 0.6 is 0 Å². The highest BCUT2D eigenvalue weighted by Crippen LogP contribution is 2.30. The predicted molar refractivity (Wildman–Crippen MR) is 88.9 cm³/mol. The van der Waals surface area contributed by atoms with Crippen molar-refractivity contribution in [3.63, 3.8) is 0 Å². The molecule has 1 N–H and O–H groups in total. The van der Waals surface area contributed by atoms with Crippen LogP contribution in [0.25, 0.3) is 0 Å². The fourth-order valence-electron chi connectivity index (χ4n) is 2.51. The fraction of sp³-hybridized carbons (Fsp3) is 0.333. The third-order valence-corrected chi connectivity index (χ3v) is 3.96. The van der Waals surface area contributed by atoms with E-state index < -0.39 is 11.7 Å². The van der Waals surface area contributed by atoms with E-state index in [2.05, 4.69) is 11.9 Å². The molecule has 1 aromatic carbocycles. The van der Waals surface area contributed by atoms with Crippen LogP contribution in [-0.4, -0.2) is 36.0 Å². The van der Waals surface area contributed by atoms with Crippen molar-refractivity contribution in [2.75, 3.05) is 18.4 Å². The molecule has 7 heteroatoms. The van der Waals surface area contributed by atoms with Crippen molar-refractivity contribution in [2.24, 2.45) is 0 Å². The van der Waals surface area contributed by atoms with Crippen molar-refractivity contribution in [1.82, 2.24) is 4.90 Å². The molecule has 134 valence electrons. The standard InChI is InChI=1S/C18H19F3N2O2/c1-2-16(24)22-15-6-3-13(4-7-15)5-8-17(25)23-11-9-14(10-12-23)18(19,20)21/h2-4,6-7,9H,1,5,8,10-12H2,(H,22,24). The summed E-state index contributed by atoms with van der Waals surface area (Å²) in [5.74, 6) is -0.471. The van der Waals surface area contributed by atoms with Crippen LogP contribution in [0.5, 0.6) is 0 Å². The van der Waals surface area contributed by atoms with Crippen molar-refractivity contribution in [1.29, 1.82) is 0 Å². The highest BCUT2D eigenvalue weighted by molar-refractivity contribution is 5.98. The van der Waals surface area contributed by atoms with Crippen LogP contribution in [0.1, 0.15) is 18.4 Å². The quantitative estimate of drug-likeness (QED) is 0.652. The van der Waals surface area contributed by atoms with Crippen LogP contribution < -0.4 is 5.32 Å². The van der Waals surface area contributed by atoms with Gasteiger partial charge in [0.05, 0.1) is 0 Å². The molecule has 1 aromatic rings. The lowest BCUT2D eigenvalue weighted by Crippen LogP contribution is -2.36. The van der Waals surface area contributed by atoms with E-state index in [-0.39, 0.29) is 37.7 Å². The maximum atomic E-state index is 12.6. The number of nitrogens with zero attached hydrogens (tertiary/aromatic N) is 1. The van der Waals surface area contributed by atoms with E-state index in [1.807, 2.05) is 0 Å². The van der Waals surface area contributed by atoms with Crippen LogP contribution in [0.15, 0.2) is 48.6 Å². The first-order valence-electron chi connectivity index (χ1n) is 7.86. The van der Waals surface area contributed by atoms with Crippen LogP contribution in [0.3, 0.4) is 0 Å². The number of hydrogen-bond acceptors (Lipinski definition) is 2. The summed E-state index contributed by atoms with van der Waals surface area (Å²) in [6.07, 6.45) is -1.50. The first kappa shape index (κ1) is 18.8. The molecule has 0 saturated carbocycles. The van der Waals surface area contributed by atoms with Gasteiger partial charge in [-0.25, -0.2) is 0 Å². The average molecular weight is 352 g/mol. The van der Waals surface area contributed by atoms with E-state index in [9.17, 15) is 22.8 Å². The summed E-state index contributed by atoms with van der Waals surface area (Å²) < 4.78 is 37.7. The Bertz CT molecular complexity index is 679. The van der Waals surface area contributed by atoms with Gasteiger partial charge >= 0.3 is 6.18 Å². The van der Waals surface area contributed by atoms with Gasteiger partial charge in [-0.3, -0.25) is 9.59 Å². The molecule has 0 radical (unpaired) electrons. The molecule has 25 heavy (non-hydrogen) atoms. The van der Waals surface area contributed by atoms with Gasteiger partial charge in [-0.1, -0.05) is 24.8 Å². The molecule has 1 heterocycles. The van der Waals surface area contributed by atoms with E-state index in [0.29, 0.717) is 12.1 Å². The second kappa shape index (κ2) is 8.00. The molecule has 1 aliphatic heterocycles. The number of anilines is 1. The van der Waals surface area contributed by atoms with Crippen LogP contribution in [0, 0.1) is 0 Å². The minimum absolute atomic E-state index is 0.000198. The van der Waals surface area contributed by atoms with E-state index in [1.165, 1.54) is 11.0 Å². The minimum Gasteiger partial charge on any atom is -0.339 e. The molecule has 0 unspecified atom stereocenters. The first-order valence-corrected chi connectivity index (χ1v) is 7.86. The van der Waals surface area contributed by atoms with Gasteiger partial charge in [-0.15, -0.1) is 0 Å². The molecular weight excluding hydrogens is 333 g/mol. The highest BCUT2D eigenvalue weighted by Gasteiger charge is 2.35. The molecule has 0 aliphatic carbocycles. The van der Waals surface area contributed by atoms with Crippen molar-refractivity contribution < 1.29 is 22.8 Å². The fourth-order valence-corrected chi connectivity index (χ4v) is 2.51. The number of nitrogens with one attached hydrogen (secondary N) is 1. The highest BCUT2D eigenvalue weighted by atomic mass is 19.4. The predicted octanol–water partition coefficient (Wildman–Crippen LogP) is 3.46. The summed E-state index contributed by atoms with van der Waals surface area (Å²) in [6, 6.07) is 7.04. The molecular formula is C18H19F3N2O2. The van der Waals surface area contributed by atoms with Crippen LogP contribution in [0.2, 0.25) is 0 Å². The Kier molecular flexibility index (Phi) is 6.01. The third-order valence-electron chi connectivity index (χ3n) is 3.96. The number of benzene rings is 1. The number of carbonyl (C=O) groups is 2. The number of halogens is 3. The van der Waals surface area contributed by atoms with E-state index in [1.54, 1.807) is 24.3 Å². The zero-order valence-electron chi connectivity index (χ0n) is 13.6. The maximum absolute atomic E-state index is 12.6. The van der Waals surface area contributed by atoms with Gasteiger partial charge in [0.25, 0.3) is 0 Å². The lowest BCUT2D eigenvalue weighted by molar-refractivity contribution is -0.132. The summed E-state index contributed by atoms with van der Waals surface area (Å²) in [6.45, 7) is 3.46. The molecule has 0 aromatic heterocycles. The molecule has 1 aliphatic rings. The molecule has 0 bridgehead atoms. The number of aryl methyl sites for hydroxylation is 1. The van der Waals surface area contributed by atoms with Gasteiger partial charge in [0.15, 0.2) is 0 Å². The molecule has 4 nitrogen and oxygen atoms in total. The second-order valence-corrected chi connectivity index (χ2v) is 5.71. The number of carbonyl (C=O) groups excluding carboxylic acids is 2. The smallest absolute Gasteiger partial charge is 0.339 e. The lowest BCUT2D eigenvalue weighted by Gasteiger charge is -2.27. The SMILES string of the molecule is C=CC(=O)Nc1ccc(CCC(=O)N2CC=C(C(F)(F)F)CC2)cc1. The zero-order chi connectivity index (χ0) is 18.4. The first-order chi connectivity index (χ1) is 11.8. The Morgan fingerprint density at radius 2 is 1.92 bits per heavy atom. The molecule has 0 spiro atoms. The summed E-state index contributed by atoms with van der Waals surface area (Å²) >= 11 is 0. The van der Waals surface area contributed by atoms with E-state index in [4.69, 9.17) is 0 Å². The summed E-state index contributed by atoms with van der Waals surface area (Å²) in [5, 5.41) is 2.62. The lowest BCUT2D eigenvalue weighted by atomic mass is 10.1. The molecule has 0 fully saturated rings. The topological polar surface area (TPSA) is 49.4 Å². The number of amides is 2. The van der Waals surface area contributed by atoms with Crippen molar-refractivity contribution in [2.45, 2.75) is 25.4 Å². The molecule has 0 atom stereocenters. The second-order valence-electron chi connectivity index (χ2n) is 5.71. The van der Waals surface area contributed by atoms with Crippen LogP contribution in [-0.2, 0) is 16.0 Å². The monoisotopic (exact) mass is 352 g/mol. The number of rotatable bonds is 5. The van der Waals surface area contributed by atoms with Crippen molar-refractivity contribution in [3.05, 3.63) is 54.1 Å². The van der Waals surface area contributed by atoms with Gasteiger partial charge in [-0.2, -0.15) is 13.2 Å². The van der Waals surface area contributed by atoms with Gasteiger partial charge in [0.2, 0.25) is 11.8 Å². The third kappa shape index (κ3) is 5.48. The molecule has 2 rings (SSSR count). The summed E-state index contributed by atoms with van der Waals surface area (Å²) in [7, 11) is 0. The normalized spacial score (nSPS) is 14.7. The zero-order valence-corrected chi connectivity index (χ0v) is 13.6. The van der Waals surface area contributed by atoms with E-state index >= 15 is 0 Å².